The van der Waals surface area contributed by atoms with E-state index in [1.54, 1.807) is 36.5 Å². The molecule has 0 radical (unpaired) electrons. The van der Waals surface area contributed by atoms with Gasteiger partial charge >= 0.3 is 14.2 Å². The lowest BCUT2D eigenvalue weighted by atomic mass is 9.58. The fourth-order valence-electron chi connectivity index (χ4n) is 6.90. The topological polar surface area (TPSA) is 161 Å². The summed E-state index contributed by atoms with van der Waals surface area (Å²) in [4.78, 5) is 33.2. The van der Waals surface area contributed by atoms with Crippen LogP contribution >= 0.6 is 0 Å². The third-order valence-electron chi connectivity index (χ3n) is 8.86. The minimum Gasteiger partial charge on any atom is -0.507 e. The molecule has 1 aliphatic carbocycles. The van der Waals surface area contributed by atoms with E-state index in [1.165, 1.54) is 12.1 Å². The first kappa shape index (κ1) is 30.0. The molecule has 0 saturated carbocycles. The number of aromatic hydroxyl groups is 1. The molecular formula is C32H32B2N2O8. The van der Waals surface area contributed by atoms with Crippen LogP contribution in [0.25, 0.3) is 11.6 Å². The number of aromatic nitrogens is 1. The summed E-state index contributed by atoms with van der Waals surface area (Å²) in [6, 6.07) is 18.5. The number of phenolic OH excluding ortho intramolecular Hbond substituents is 1. The summed E-state index contributed by atoms with van der Waals surface area (Å²) in [7, 11) is -2.95. The van der Waals surface area contributed by atoms with Crippen molar-refractivity contribution < 1.29 is 39.5 Å². The lowest BCUT2D eigenvalue weighted by molar-refractivity contribution is -0.122. The van der Waals surface area contributed by atoms with Crippen molar-refractivity contribution in [3.8, 4) is 5.75 Å². The maximum Gasteiger partial charge on any atom is 0.488 e. The number of rotatable bonds is 8. The molecular weight excluding hydrogens is 562 g/mol. The van der Waals surface area contributed by atoms with Crippen molar-refractivity contribution in [2.45, 2.75) is 31.7 Å². The van der Waals surface area contributed by atoms with Gasteiger partial charge in [0.05, 0.1) is 35.9 Å². The Hall–Kier alpha value is -4.06. The molecule has 2 saturated heterocycles. The van der Waals surface area contributed by atoms with Crippen LogP contribution in [0.2, 0.25) is 6.32 Å². The molecule has 10 nitrogen and oxygen atoms in total. The number of aliphatic hydroxyl groups is 1. The van der Waals surface area contributed by atoms with Gasteiger partial charge in [0.25, 0.3) is 0 Å². The Morgan fingerprint density at radius 3 is 2.57 bits per heavy atom. The molecule has 6 rings (SSSR count). The third-order valence-corrected chi connectivity index (χ3v) is 8.86. The number of allylic oxidation sites excluding steroid dienone is 1. The largest absolute Gasteiger partial charge is 0.507 e. The number of fused-ring (bicyclic) bond motifs is 3. The van der Waals surface area contributed by atoms with Crippen LogP contribution in [-0.2, 0) is 14.2 Å². The summed E-state index contributed by atoms with van der Waals surface area (Å²) in [6.45, 7) is -0.320. The van der Waals surface area contributed by atoms with E-state index in [0.29, 0.717) is 29.7 Å². The fraction of sp³-hybridized carbons (Fsp3) is 0.281. The van der Waals surface area contributed by atoms with Crippen LogP contribution in [-0.4, -0.2) is 69.0 Å². The highest BCUT2D eigenvalue weighted by atomic mass is 16.5. The first-order valence-electron chi connectivity index (χ1n) is 14.7. The zero-order chi connectivity index (χ0) is 31.0. The number of amides is 2. The molecule has 1 aromatic heterocycles. The van der Waals surface area contributed by atoms with E-state index in [1.807, 2.05) is 30.3 Å². The van der Waals surface area contributed by atoms with Gasteiger partial charge in [-0.15, -0.1) is 0 Å². The average molecular weight is 594 g/mol. The summed E-state index contributed by atoms with van der Waals surface area (Å²) in [6.07, 6.45) is 4.02. The number of nitrogens with zero attached hydrogens (tertiary/aromatic N) is 2. The second-order valence-corrected chi connectivity index (χ2v) is 11.4. The molecule has 0 spiro atoms. The summed E-state index contributed by atoms with van der Waals surface area (Å²) < 4.78 is 6.04. The van der Waals surface area contributed by atoms with Gasteiger partial charge in [0.2, 0.25) is 11.8 Å². The van der Waals surface area contributed by atoms with Crippen LogP contribution in [0.4, 0.5) is 5.69 Å². The number of hydrogen-bond donors (Lipinski definition) is 5. The van der Waals surface area contributed by atoms with E-state index < -0.39 is 49.9 Å². The molecule has 4 atom stereocenters. The van der Waals surface area contributed by atoms with Crippen molar-refractivity contribution in [3.05, 3.63) is 95.3 Å². The summed E-state index contributed by atoms with van der Waals surface area (Å²) in [5.74, 6) is -2.73. The fourth-order valence-corrected chi connectivity index (χ4v) is 6.90. The molecule has 44 heavy (non-hydrogen) atoms. The van der Waals surface area contributed by atoms with Crippen LogP contribution in [0.1, 0.15) is 30.5 Å². The van der Waals surface area contributed by atoms with Crippen molar-refractivity contribution >= 4 is 48.9 Å². The van der Waals surface area contributed by atoms with Crippen LogP contribution in [0.5, 0.6) is 5.75 Å². The number of carbonyl (C=O) groups excluding carboxylic acids is 2. The van der Waals surface area contributed by atoms with E-state index in [9.17, 15) is 34.9 Å². The normalized spacial score (nSPS) is 23.6. The number of carbonyl (C=O) groups is 2. The summed E-state index contributed by atoms with van der Waals surface area (Å²) >= 11 is 0. The van der Waals surface area contributed by atoms with Gasteiger partial charge in [-0.1, -0.05) is 36.4 Å². The van der Waals surface area contributed by atoms with E-state index in [2.05, 4.69) is 4.98 Å². The number of phenols is 1. The molecule has 0 unspecified atom stereocenters. The Morgan fingerprint density at radius 2 is 1.84 bits per heavy atom. The van der Waals surface area contributed by atoms with Crippen LogP contribution < -0.4 is 10.4 Å². The Bertz CT molecular complexity index is 1630. The molecule has 12 heteroatoms. The third kappa shape index (κ3) is 5.62. The maximum atomic E-state index is 13.9. The molecule has 0 bridgehead atoms. The second-order valence-electron chi connectivity index (χ2n) is 11.4. The highest BCUT2D eigenvalue weighted by molar-refractivity contribution is 6.58. The summed E-state index contributed by atoms with van der Waals surface area (Å²) in [5.41, 5.74) is 3.92. The first-order chi connectivity index (χ1) is 21.3. The zero-order valence-electron chi connectivity index (χ0n) is 23.9. The second kappa shape index (κ2) is 12.5. The highest BCUT2D eigenvalue weighted by Gasteiger charge is 2.57. The van der Waals surface area contributed by atoms with Crippen molar-refractivity contribution in [2.24, 2.45) is 17.8 Å². The van der Waals surface area contributed by atoms with Crippen LogP contribution in [0, 0.1) is 17.8 Å². The molecule has 3 aromatic rings. The standard InChI is InChI=1S/C32H32B2N2O8/c37-18-21-15-24-30(32(40)36(31(24)39)23-8-5-7-22(16-23)34(42)43)25-17-33(41)44-28(29(21)25)12-11-19(26-9-3-4-13-35-26)14-20-6-1-2-10-27(20)38/h1-10,13-14,16,24-25,28,30,37-38,41-43H,11-12,15,17-18H2/b19-14-/t24-,25+,28-,30-/m1/s1. The maximum absolute atomic E-state index is 13.9. The van der Waals surface area contributed by atoms with E-state index in [-0.39, 0.29) is 36.2 Å². The number of anilines is 1. The number of hydrogen-bond acceptors (Lipinski definition) is 9. The Morgan fingerprint density at radius 1 is 1.05 bits per heavy atom. The van der Waals surface area contributed by atoms with Gasteiger partial charge in [-0.05, 0) is 90.1 Å². The highest BCUT2D eigenvalue weighted by Crippen LogP contribution is 2.51. The zero-order valence-corrected chi connectivity index (χ0v) is 23.9. The molecule has 2 aliphatic heterocycles. The van der Waals surface area contributed by atoms with E-state index >= 15 is 0 Å². The smallest absolute Gasteiger partial charge is 0.488 e. The van der Waals surface area contributed by atoms with E-state index in [4.69, 9.17) is 4.65 Å². The minimum absolute atomic E-state index is 0.0968. The minimum atomic E-state index is -1.76. The van der Waals surface area contributed by atoms with Gasteiger partial charge in [0, 0.05) is 11.8 Å². The van der Waals surface area contributed by atoms with Gasteiger partial charge in [-0.25, -0.2) is 0 Å². The van der Waals surface area contributed by atoms with Crippen LogP contribution in [0.15, 0.2) is 84.1 Å². The van der Waals surface area contributed by atoms with Crippen LogP contribution in [0.3, 0.4) is 0 Å². The van der Waals surface area contributed by atoms with Gasteiger partial charge in [-0.2, -0.15) is 0 Å². The SMILES string of the molecule is O=C1[C@@H]2[C@@H](CC(CO)=C3[C@@H](CC/C(=C/c4ccccc4O)c4ccccn4)OB(O)C[C@@H]32)C(=O)N1c1cccc(B(O)O)c1. The van der Waals surface area contributed by atoms with Crippen molar-refractivity contribution in [1.29, 1.82) is 0 Å². The van der Waals surface area contributed by atoms with Crippen molar-refractivity contribution in [2.75, 3.05) is 11.5 Å². The lowest BCUT2D eigenvalue weighted by Crippen LogP contribution is -2.46. The van der Waals surface area contributed by atoms with Gasteiger partial charge in [0.1, 0.15) is 5.75 Å². The first-order valence-corrected chi connectivity index (χ1v) is 14.7. The molecule has 2 fully saturated rings. The van der Waals surface area contributed by atoms with Gasteiger partial charge in [0.15, 0.2) is 0 Å². The van der Waals surface area contributed by atoms with Gasteiger partial charge < -0.3 is 29.9 Å². The number of para-hydroxylation sites is 1. The Kier molecular flexibility index (Phi) is 8.53. The predicted octanol–water partition coefficient (Wildman–Crippen LogP) is 1.78. The van der Waals surface area contributed by atoms with E-state index in [0.717, 1.165) is 16.0 Å². The lowest BCUT2D eigenvalue weighted by Gasteiger charge is -2.42. The van der Waals surface area contributed by atoms with Gasteiger partial charge in [-0.3, -0.25) is 19.5 Å². The quantitative estimate of drug-likeness (QED) is 0.149. The molecule has 2 aromatic carbocycles. The molecule has 224 valence electrons. The summed E-state index contributed by atoms with van der Waals surface area (Å²) in [5, 5.41) is 51.0. The molecule has 3 heterocycles. The average Bonchev–Trinajstić information content (AvgIpc) is 3.28. The Labute approximate surface area is 255 Å². The molecule has 3 aliphatic rings. The predicted molar refractivity (Wildman–Crippen MR) is 165 cm³/mol. The Balaban J connectivity index is 1.31. The van der Waals surface area contributed by atoms with Crippen molar-refractivity contribution in [3.63, 3.8) is 0 Å². The number of aliphatic hydroxyl groups excluding tert-OH is 1. The molecule has 5 N–H and O–H groups in total. The molecule has 2 amide bonds. The number of benzene rings is 2. The van der Waals surface area contributed by atoms with Crippen molar-refractivity contribution in [1.82, 2.24) is 4.98 Å². The number of pyridine rings is 1. The number of imide groups is 1. The monoisotopic (exact) mass is 594 g/mol.